The molecule has 0 spiro atoms. The van der Waals surface area contributed by atoms with Crippen LogP contribution in [-0.4, -0.2) is 48.0 Å². The number of hydrogen-bond acceptors (Lipinski definition) is 6. The van der Waals surface area contributed by atoms with Crippen LogP contribution < -0.4 is 15.2 Å². The van der Waals surface area contributed by atoms with Crippen LogP contribution in [0.25, 0.3) is 0 Å². The van der Waals surface area contributed by atoms with Crippen LogP contribution in [0.15, 0.2) is 58.4 Å². The van der Waals surface area contributed by atoms with Gasteiger partial charge in [-0.2, -0.15) is 0 Å². The highest BCUT2D eigenvalue weighted by Gasteiger charge is 2.46. The fourth-order valence-corrected chi connectivity index (χ4v) is 6.47. The van der Waals surface area contributed by atoms with E-state index in [1.54, 1.807) is 21.8 Å². The van der Waals surface area contributed by atoms with Gasteiger partial charge >= 0.3 is 0 Å². The van der Waals surface area contributed by atoms with Gasteiger partial charge in [0.15, 0.2) is 23.1 Å². The number of amides is 1. The van der Waals surface area contributed by atoms with E-state index >= 15 is 4.39 Å². The van der Waals surface area contributed by atoms with Gasteiger partial charge in [0.05, 0.1) is 25.9 Å². The van der Waals surface area contributed by atoms with E-state index in [-0.39, 0.29) is 53.2 Å². The lowest BCUT2D eigenvalue weighted by Gasteiger charge is -2.51. The van der Waals surface area contributed by atoms with Crippen LogP contribution in [0, 0.1) is 17.6 Å². The zero-order chi connectivity index (χ0) is 26.6. The van der Waals surface area contributed by atoms with Crippen LogP contribution in [0.1, 0.15) is 47.1 Å². The lowest BCUT2D eigenvalue weighted by atomic mass is 9.93. The first-order valence-corrected chi connectivity index (χ1v) is 13.6. The normalized spacial score (nSPS) is 20.4. The lowest BCUT2D eigenvalue weighted by molar-refractivity contribution is -0.0199. The molecular weight excluding hydrogens is 512 g/mol. The fraction of sp³-hybridized carbons (Fsp3) is 0.357. The van der Waals surface area contributed by atoms with Crippen molar-refractivity contribution in [2.75, 3.05) is 31.4 Å². The number of fused-ring (bicyclic) bond motifs is 4. The van der Waals surface area contributed by atoms with E-state index in [0.717, 1.165) is 16.5 Å². The topological polar surface area (TPSA) is 64.0 Å². The Morgan fingerprint density at radius 3 is 2.74 bits per heavy atom. The average molecular weight is 540 g/mol. The Labute approximate surface area is 222 Å². The lowest BCUT2D eigenvalue weighted by Crippen LogP contribution is -2.66. The molecule has 6 rings (SSSR count). The van der Waals surface area contributed by atoms with Crippen LogP contribution in [0.5, 0.6) is 5.75 Å². The monoisotopic (exact) mass is 539 g/mol. The van der Waals surface area contributed by atoms with E-state index < -0.39 is 23.8 Å². The Morgan fingerprint density at radius 1 is 1.11 bits per heavy atom. The molecule has 1 amide bonds. The summed E-state index contributed by atoms with van der Waals surface area (Å²) in [4.78, 5) is 29.4. The molecule has 10 heteroatoms. The smallest absolute Gasteiger partial charge is 0.278 e. The molecule has 4 heterocycles. The number of benzene rings is 2. The minimum absolute atomic E-state index is 0.0112. The standard InChI is InChI=1S/C28H27F2N3O4S/c1-16(2)13-37-27-21(34)9-10-32-26(27)28(35)31-11-12-36-14-23(31)33(32)25-17-7-8-20(29)24(30)19(17)15-38-22-6-4-3-5-18(22)25/h3-10,16,23,25H,11-15H2,1-2H3/t23-,25-/m1/s1. The van der Waals surface area contributed by atoms with Crippen molar-refractivity contribution >= 4 is 17.7 Å². The van der Waals surface area contributed by atoms with E-state index in [0.29, 0.717) is 18.7 Å². The summed E-state index contributed by atoms with van der Waals surface area (Å²) in [5.74, 6) is -1.73. The van der Waals surface area contributed by atoms with Gasteiger partial charge in [0.2, 0.25) is 5.43 Å². The van der Waals surface area contributed by atoms with Gasteiger partial charge in [-0.1, -0.05) is 38.1 Å². The molecule has 0 bridgehead atoms. The first kappa shape index (κ1) is 24.9. The van der Waals surface area contributed by atoms with E-state index in [9.17, 15) is 14.0 Å². The summed E-state index contributed by atoms with van der Waals surface area (Å²) < 4.78 is 43.1. The summed E-state index contributed by atoms with van der Waals surface area (Å²) in [6.07, 6.45) is 1.01. The van der Waals surface area contributed by atoms with E-state index in [1.165, 1.54) is 17.8 Å². The number of thioether (sulfide) groups is 1. The van der Waals surface area contributed by atoms with Gasteiger partial charge in [-0.05, 0) is 29.2 Å². The largest absolute Gasteiger partial charge is 0.487 e. The molecule has 3 aliphatic rings. The molecule has 3 aromatic rings. The highest BCUT2D eigenvalue weighted by molar-refractivity contribution is 7.98. The number of morpholine rings is 1. The van der Waals surface area contributed by atoms with Crippen molar-refractivity contribution in [1.82, 2.24) is 9.58 Å². The first-order valence-electron chi connectivity index (χ1n) is 12.6. The maximum atomic E-state index is 15.2. The van der Waals surface area contributed by atoms with Crippen molar-refractivity contribution in [2.45, 2.75) is 36.7 Å². The summed E-state index contributed by atoms with van der Waals surface area (Å²) in [5.41, 5.74) is 1.49. The third kappa shape index (κ3) is 3.97. The number of carbonyl (C=O) groups is 1. The van der Waals surface area contributed by atoms with Gasteiger partial charge < -0.3 is 14.4 Å². The van der Waals surface area contributed by atoms with Crippen molar-refractivity contribution in [3.05, 3.63) is 92.9 Å². The first-order chi connectivity index (χ1) is 18.4. The molecule has 0 saturated carbocycles. The summed E-state index contributed by atoms with van der Waals surface area (Å²) in [5, 5.41) is 1.94. The maximum Gasteiger partial charge on any atom is 0.278 e. The van der Waals surface area contributed by atoms with Gasteiger partial charge in [-0.25, -0.2) is 8.78 Å². The Morgan fingerprint density at radius 2 is 1.92 bits per heavy atom. The SMILES string of the molecule is CC(C)COc1c2n(ccc1=O)N([C@H]1c3ccccc3SCc3c1ccc(F)c3F)[C@@H]1COCCN1C2=O. The number of carbonyl (C=O) groups excluding carboxylic acids is 1. The molecule has 0 radical (unpaired) electrons. The summed E-state index contributed by atoms with van der Waals surface area (Å²) >= 11 is 1.44. The third-order valence-corrected chi connectivity index (χ3v) is 8.21. The van der Waals surface area contributed by atoms with Crippen molar-refractivity contribution in [3.8, 4) is 5.75 Å². The molecule has 0 unspecified atom stereocenters. The Balaban J connectivity index is 1.63. The van der Waals surface area contributed by atoms with Crippen LogP contribution in [0.2, 0.25) is 0 Å². The summed E-state index contributed by atoms with van der Waals surface area (Å²) in [6.45, 7) is 5.07. The minimum atomic E-state index is -0.904. The van der Waals surface area contributed by atoms with Crippen LogP contribution in [0.4, 0.5) is 8.78 Å². The predicted octanol–water partition coefficient (Wildman–Crippen LogP) is 4.31. The van der Waals surface area contributed by atoms with Crippen molar-refractivity contribution in [2.24, 2.45) is 5.92 Å². The number of nitrogens with zero attached hydrogens (tertiary/aromatic N) is 3. The van der Waals surface area contributed by atoms with Gasteiger partial charge in [0.25, 0.3) is 5.91 Å². The number of ether oxygens (including phenoxy) is 2. The molecule has 2 atom stereocenters. The molecule has 1 saturated heterocycles. The molecule has 1 aromatic heterocycles. The molecular formula is C28H27F2N3O4S. The van der Waals surface area contributed by atoms with Crippen LogP contribution in [0.3, 0.4) is 0 Å². The quantitative estimate of drug-likeness (QED) is 0.493. The number of halogens is 2. The number of hydrogen-bond donors (Lipinski definition) is 0. The highest BCUT2D eigenvalue weighted by atomic mass is 32.2. The van der Waals surface area contributed by atoms with Crippen molar-refractivity contribution < 1.29 is 23.0 Å². The molecule has 3 aliphatic heterocycles. The summed E-state index contributed by atoms with van der Waals surface area (Å²) in [6, 6.07) is 11.3. The Hall–Kier alpha value is -3.37. The molecule has 38 heavy (non-hydrogen) atoms. The minimum Gasteiger partial charge on any atom is -0.487 e. The van der Waals surface area contributed by atoms with E-state index in [1.807, 2.05) is 43.1 Å². The Bertz CT molecular complexity index is 1480. The maximum absolute atomic E-state index is 15.2. The second kappa shape index (κ2) is 9.74. The second-order valence-electron chi connectivity index (χ2n) is 10.00. The number of rotatable bonds is 4. The molecule has 1 fully saturated rings. The Kier molecular flexibility index (Phi) is 6.39. The number of pyridine rings is 1. The highest BCUT2D eigenvalue weighted by Crippen LogP contribution is 2.45. The molecule has 0 aliphatic carbocycles. The van der Waals surface area contributed by atoms with Gasteiger partial charge in [0, 0.05) is 35.0 Å². The van der Waals surface area contributed by atoms with Gasteiger partial charge in [-0.3, -0.25) is 19.3 Å². The molecule has 2 aromatic carbocycles. The van der Waals surface area contributed by atoms with E-state index in [4.69, 9.17) is 9.47 Å². The number of aromatic nitrogens is 1. The van der Waals surface area contributed by atoms with Crippen molar-refractivity contribution in [3.63, 3.8) is 0 Å². The molecule has 7 nitrogen and oxygen atoms in total. The second-order valence-corrected chi connectivity index (χ2v) is 11.0. The van der Waals surface area contributed by atoms with Gasteiger partial charge in [-0.15, -0.1) is 11.8 Å². The summed E-state index contributed by atoms with van der Waals surface area (Å²) in [7, 11) is 0. The fourth-order valence-electron chi connectivity index (χ4n) is 5.36. The third-order valence-electron chi connectivity index (χ3n) is 7.09. The zero-order valence-electron chi connectivity index (χ0n) is 21.0. The van der Waals surface area contributed by atoms with Crippen molar-refractivity contribution in [1.29, 1.82) is 0 Å². The zero-order valence-corrected chi connectivity index (χ0v) is 21.8. The predicted molar refractivity (Wildman–Crippen MR) is 139 cm³/mol. The average Bonchev–Trinajstić information content (AvgIpc) is 3.08. The van der Waals surface area contributed by atoms with Gasteiger partial charge in [0.1, 0.15) is 6.17 Å². The molecule has 198 valence electrons. The van der Waals surface area contributed by atoms with Crippen LogP contribution in [-0.2, 0) is 10.5 Å². The van der Waals surface area contributed by atoms with Crippen LogP contribution >= 0.6 is 11.8 Å². The van der Waals surface area contributed by atoms with E-state index in [2.05, 4.69) is 0 Å². The molecule has 0 N–H and O–H groups in total.